The van der Waals surface area contributed by atoms with Crippen molar-refractivity contribution >= 4 is 23.0 Å². The summed E-state index contributed by atoms with van der Waals surface area (Å²) in [5.41, 5.74) is -0.998. The van der Waals surface area contributed by atoms with Gasteiger partial charge in [-0.25, -0.2) is 9.59 Å². The molecule has 0 aromatic heterocycles. The van der Waals surface area contributed by atoms with E-state index in [-0.39, 0.29) is 0 Å². The zero-order valence-corrected chi connectivity index (χ0v) is 7.60. The van der Waals surface area contributed by atoms with E-state index in [0.29, 0.717) is 6.61 Å². The highest BCUT2D eigenvalue weighted by molar-refractivity contribution is 6.61. The molecule has 0 fully saturated rings. The highest BCUT2D eigenvalue weighted by Gasteiger charge is 2.04. The third-order valence-electron chi connectivity index (χ3n) is 1.06. The summed E-state index contributed by atoms with van der Waals surface area (Å²) in [5.74, 6) is -0.572. The van der Waals surface area contributed by atoms with Gasteiger partial charge in [0, 0.05) is 11.6 Å². The van der Waals surface area contributed by atoms with Gasteiger partial charge in [0.15, 0.2) is 6.61 Å². The first-order valence-electron chi connectivity index (χ1n) is 3.64. The van der Waals surface area contributed by atoms with Crippen LogP contribution in [0, 0.1) is 0 Å². The summed E-state index contributed by atoms with van der Waals surface area (Å²) in [7, 11) is 0. The van der Waals surface area contributed by atoms with Crippen LogP contribution in [-0.2, 0) is 14.3 Å². The van der Waals surface area contributed by atoms with E-state index in [1.54, 1.807) is 0 Å². The Hall–Kier alpha value is -0.770. The minimum absolute atomic E-state index is 0.356. The van der Waals surface area contributed by atoms with Gasteiger partial charge in [-0.1, -0.05) is 13.3 Å². The van der Waals surface area contributed by atoms with E-state index in [4.69, 9.17) is 11.6 Å². The number of unbranched alkanes of at least 4 members (excludes halogenated alkanes) is 1. The monoisotopic (exact) mass is 194 g/mol. The van der Waals surface area contributed by atoms with Crippen molar-refractivity contribution in [2.75, 3.05) is 13.2 Å². The highest BCUT2D eigenvalue weighted by atomic mass is 35.5. The molecule has 0 aromatic rings. The van der Waals surface area contributed by atoms with Crippen LogP contribution in [-0.4, -0.2) is 24.6 Å². The lowest BCUT2D eigenvalue weighted by Gasteiger charge is -2.02. The standard InChI is InChI=1S/C7H11ClO4/c1-2-3-4-11-6(9)5-12-7(8)10/h2-5H2,1H3. The zero-order valence-electron chi connectivity index (χ0n) is 6.84. The molecule has 0 atom stereocenters. The maximum absolute atomic E-state index is 10.7. The average Bonchev–Trinajstić information content (AvgIpc) is 2.01. The number of hydrogen-bond donors (Lipinski definition) is 0. The van der Waals surface area contributed by atoms with Crippen LogP contribution >= 0.6 is 11.6 Å². The lowest BCUT2D eigenvalue weighted by molar-refractivity contribution is -0.146. The first-order valence-corrected chi connectivity index (χ1v) is 4.02. The van der Waals surface area contributed by atoms with Crippen molar-refractivity contribution in [1.82, 2.24) is 0 Å². The van der Waals surface area contributed by atoms with Gasteiger partial charge in [0.2, 0.25) is 0 Å². The number of carbonyl (C=O) groups excluding carboxylic acids is 2. The number of rotatable bonds is 5. The Labute approximate surface area is 75.8 Å². The number of ether oxygens (including phenoxy) is 2. The number of carbonyl (C=O) groups is 2. The topological polar surface area (TPSA) is 52.6 Å². The second kappa shape index (κ2) is 6.91. The fourth-order valence-electron chi connectivity index (χ4n) is 0.488. The molecule has 0 rings (SSSR count). The summed E-state index contributed by atoms with van der Waals surface area (Å²) >= 11 is 4.81. The summed E-state index contributed by atoms with van der Waals surface area (Å²) in [5, 5.41) is 0. The van der Waals surface area contributed by atoms with Crippen molar-refractivity contribution in [3.63, 3.8) is 0 Å². The molecular weight excluding hydrogens is 184 g/mol. The Morgan fingerprint density at radius 2 is 2.00 bits per heavy atom. The Kier molecular flexibility index (Phi) is 6.47. The van der Waals surface area contributed by atoms with Crippen LogP contribution < -0.4 is 0 Å². The molecule has 0 amide bonds. The third-order valence-corrected chi connectivity index (χ3v) is 1.17. The Bertz CT molecular complexity index is 157. The van der Waals surface area contributed by atoms with Crippen molar-refractivity contribution in [2.45, 2.75) is 19.8 Å². The summed E-state index contributed by atoms with van der Waals surface area (Å²) in [6.45, 7) is 1.92. The maximum Gasteiger partial charge on any atom is 0.404 e. The molecule has 0 bridgehead atoms. The Morgan fingerprint density at radius 3 is 2.50 bits per heavy atom. The van der Waals surface area contributed by atoms with Gasteiger partial charge in [-0.3, -0.25) is 0 Å². The maximum atomic E-state index is 10.7. The molecule has 0 saturated carbocycles. The van der Waals surface area contributed by atoms with Crippen molar-refractivity contribution in [3.05, 3.63) is 0 Å². The zero-order chi connectivity index (χ0) is 9.40. The van der Waals surface area contributed by atoms with Crippen LogP contribution in [0.4, 0.5) is 4.79 Å². The molecule has 0 aromatic carbocycles. The molecule has 0 aliphatic rings. The van der Waals surface area contributed by atoms with E-state index in [9.17, 15) is 9.59 Å². The van der Waals surface area contributed by atoms with Gasteiger partial charge in [-0.15, -0.1) is 0 Å². The minimum atomic E-state index is -0.998. The summed E-state index contributed by atoms with van der Waals surface area (Å²) < 4.78 is 8.84. The normalized spacial score (nSPS) is 9.17. The average molecular weight is 195 g/mol. The van der Waals surface area contributed by atoms with Gasteiger partial charge in [-0.2, -0.15) is 0 Å². The summed E-state index contributed by atoms with van der Waals surface area (Å²) in [6.07, 6.45) is 1.75. The number of halogens is 1. The van der Waals surface area contributed by atoms with Crippen molar-refractivity contribution < 1.29 is 19.1 Å². The molecule has 0 aliphatic heterocycles. The molecule has 0 heterocycles. The molecule has 0 radical (unpaired) electrons. The van der Waals surface area contributed by atoms with E-state index in [1.807, 2.05) is 6.92 Å². The van der Waals surface area contributed by atoms with Crippen LogP contribution in [0.3, 0.4) is 0 Å². The quantitative estimate of drug-likeness (QED) is 0.380. The van der Waals surface area contributed by atoms with Crippen LogP contribution in [0.15, 0.2) is 0 Å². The smallest absolute Gasteiger partial charge is 0.404 e. The second-order valence-electron chi connectivity index (χ2n) is 2.10. The Balaban J connectivity index is 3.28. The summed E-state index contributed by atoms with van der Waals surface area (Å²) in [6, 6.07) is 0. The molecule has 0 unspecified atom stereocenters. The Morgan fingerprint density at radius 1 is 1.33 bits per heavy atom. The van der Waals surface area contributed by atoms with Gasteiger partial charge in [-0.05, 0) is 6.42 Å². The lowest BCUT2D eigenvalue weighted by atomic mass is 10.4. The molecule has 12 heavy (non-hydrogen) atoms. The fraction of sp³-hybridized carbons (Fsp3) is 0.714. The summed E-state index contributed by atoms with van der Waals surface area (Å²) in [4.78, 5) is 20.7. The first-order chi connectivity index (χ1) is 5.66. The molecule has 0 spiro atoms. The van der Waals surface area contributed by atoms with Gasteiger partial charge in [0.25, 0.3) is 0 Å². The van der Waals surface area contributed by atoms with E-state index >= 15 is 0 Å². The van der Waals surface area contributed by atoms with Gasteiger partial charge >= 0.3 is 11.4 Å². The van der Waals surface area contributed by atoms with Crippen molar-refractivity contribution in [1.29, 1.82) is 0 Å². The molecule has 0 saturated heterocycles. The molecular formula is C7H11ClO4. The van der Waals surface area contributed by atoms with E-state index in [0.717, 1.165) is 12.8 Å². The predicted molar refractivity (Wildman–Crippen MR) is 43.1 cm³/mol. The SMILES string of the molecule is CCCCOC(=O)COC(=O)Cl. The fourth-order valence-corrected chi connectivity index (χ4v) is 0.542. The van der Waals surface area contributed by atoms with Crippen molar-refractivity contribution in [2.24, 2.45) is 0 Å². The molecule has 70 valence electrons. The molecule has 0 N–H and O–H groups in total. The van der Waals surface area contributed by atoms with Crippen LogP contribution in [0.2, 0.25) is 0 Å². The second-order valence-corrected chi connectivity index (χ2v) is 2.41. The van der Waals surface area contributed by atoms with Crippen LogP contribution in [0.25, 0.3) is 0 Å². The van der Waals surface area contributed by atoms with E-state index in [1.165, 1.54) is 0 Å². The number of esters is 1. The molecule has 0 aliphatic carbocycles. The van der Waals surface area contributed by atoms with Crippen molar-refractivity contribution in [3.8, 4) is 0 Å². The predicted octanol–water partition coefficient (Wildman–Crippen LogP) is 1.71. The van der Waals surface area contributed by atoms with E-state index in [2.05, 4.69) is 9.47 Å². The largest absolute Gasteiger partial charge is 0.463 e. The molecule has 5 heteroatoms. The van der Waals surface area contributed by atoms with Gasteiger partial charge in [0.1, 0.15) is 0 Å². The van der Waals surface area contributed by atoms with Crippen LogP contribution in [0.1, 0.15) is 19.8 Å². The molecule has 4 nitrogen and oxygen atoms in total. The lowest BCUT2D eigenvalue weighted by Crippen LogP contribution is -2.14. The highest BCUT2D eigenvalue weighted by Crippen LogP contribution is 1.91. The first kappa shape index (κ1) is 11.2. The van der Waals surface area contributed by atoms with Crippen LogP contribution in [0.5, 0.6) is 0 Å². The van der Waals surface area contributed by atoms with Gasteiger partial charge in [0.05, 0.1) is 6.61 Å². The third kappa shape index (κ3) is 7.34. The number of hydrogen-bond acceptors (Lipinski definition) is 4. The minimum Gasteiger partial charge on any atom is -0.463 e. The van der Waals surface area contributed by atoms with E-state index < -0.39 is 18.0 Å². The van der Waals surface area contributed by atoms with Gasteiger partial charge < -0.3 is 9.47 Å².